The van der Waals surface area contributed by atoms with Crippen LogP contribution in [0.5, 0.6) is 0 Å². The van der Waals surface area contributed by atoms with Crippen LogP contribution in [0.15, 0.2) is 18.2 Å². The third-order valence-electron chi connectivity index (χ3n) is 2.86. The highest BCUT2D eigenvalue weighted by Gasteiger charge is 2.26. The molecule has 0 amide bonds. The van der Waals surface area contributed by atoms with Crippen molar-refractivity contribution in [3.8, 4) is 6.07 Å². The topological polar surface area (TPSA) is 45.0 Å². The molecule has 0 aliphatic heterocycles. The summed E-state index contributed by atoms with van der Waals surface area (Å²) in [7, 11) is 0. The number of benzene rings is 1. The molecule has 1 N–H and O–H groups in total. The van der Waals surface area contributed by atoms with Crippen molar-refractivity contribution in [2.75, 3.05) is 18.5 Å². The number of anilines is 1. The van der Waals surface area contributed by atoms with Crippen molar-refractivity contribution in [1.82, 2.24) is 0 Å². The summed E-state index contributed by atoms with van der Waals surface area (Å²) < 4.78 is 27.7. The van der Waals surface area contributed by atoms with E-state index in [-0.39, 0.29) is 6.61 Å². The Morgan fingerprint density at radius 3 is 2.83 bits per heavy atom. The summed E-state index contributed by atoms with van der Waals surface area (Å²) in [4.78, 5) is 0. The van der Waals surface area contributed by atoms with Gasteiger partial charge < -0.3 is 10.1 Å². The summed E-state index contributed by atoms with van der Waals surface area (Å²) in [5, 5.41) is 12.0. The first-order valence-corrected chi connectivity index (χ1v) is 5.88. The summed E-state index contributed by atoms with van der Waals surface area (Å²) in [5.74, 6) is 0.485. The highest BCUT2D eigenvalue weighted by Crippen LogP contribution is 2.42. The first kappa shape index (κ1) is 12.8. The zero-order valence-electron chi connectivity index (χ0n) is 9.83. The molecule has 1 aromatic rings. The largest absolute Gasteiger partial charge is 0.383 e. The van der Waals surface area contributed by atoms with Crippen molar-refractivity contribution >= 4 is 5.69 Å². The molecule has 0 spiro atoms. The van der Waals surface area contributed by atoms with Gasteiger partial charge in [-0.3, -0.25) is 0 Å². The normalized spacial score (nSPS) is 14.6. The summed E-state index contributed by atoms with van der Waals surface area (Å²) in [6, 6.07) is 7.66. The van der Waals surface area contributed by atoms with E-state index >= 15 is 0 Å². The summed E-state index contributed by atoms with van der Waals surface area (Å²) in [6.45, 7) is -2.45. The lowest BCUT2D eigenvalue weighted by Gasteiger charge is -2.09. The molecule has 0 aromatic heterocycles. The molecule has 1 aliphatic rings. The molecule has 0 saturated heterocycles. The number of nitrogens with zero attached hydrogens (tertiary/aromatic N) is 1. The van der Waals surface area contributed by atoms with Crippen LogP contribution in [-0.4, -0.2) is 19.8 Å². The molecule has 96 valence electrons. The van der Waals surface area contributed by atoms with Crippen LogP contribution in [-0.2, 0) is 4.74 Å². The average Bonchev–Trinajstić information content (AvgIpc) is 3.18. The van der Waals surface area contributed by atoms with Crippen molar-refractivity contribution in [2.24, 2.45) is 0 Å². The molecule has 1 fully saturated rings. The first-order valence-electron chi connectivity index (χ1n) is 5.88. The van der Waals surface area contributed by atoms with Gasteiger partial charge in [0.2, 0.25) is 0 Å². The molecule has 1 aromatic carbocycles. The van der Waals surface area contributed by atoms with Gasteiger partial charge in [-0.1, -0.05) is 0 Å². The molecule has 0 radical (unpaired) electrons. The second kappa shape index (κ2) is 5.78. The first-order chi connectivity index (χ1) is 8.70. The SMILES string of the molecule is N#Cc1ccc(NCCOC(F)F)cc1C1CC1. The minimum atomic E-state index is -2.73. The Morgan fingerprint density at radius 2 is 2.22 bits per heavy atom. The zero-order valence-corrected chi connectivity index (χ0v) is 9.83. The van der Waals surface area contributed by atoms with Crippen molar-refractivity contribution in [2.45, 2.75) is 25.4 Å². The van der Waals surface area contributed by atoms with Crippen LogP contribution in [0, 0.1) is 11.3 Å². The van der Waals surface area contributed by atoms with Crippen molar-refractivity contribution in [3.63, 3.8) is 0 Å². The number of rotatable bonds is 6. The molecule has 0 unspecified atom stereocenters. The maximum absolute atomic E-state index is 11.8. The van der Waals surface area contributed by atoms with Crippen LogP contribution in [0.4, 0.5) is 14.5 Å². The molecule has 1 saturated carbocycles. The number of nitrogens with one attached hydrogen (secondary N) is 1. The minimum absolute atomic E-state index is 0.0452. The van der Waals surface area contributed by atoms with Gasteiger partial charge in [0, 0.05) is 12.2 Å². The number of halogens is 2. The number of ether oxygens (including phenoxy) is 1. The van der Waals surface area contributed by atoms with E-state index in [9.17, 15) is 8.78 Å². The molecule has 0 atom stereocenters. The van der Waals surface area contributed by atoms with Gasteiger partial charge in [-0.2, -0.15) is 14.0 Å². The maximum atomic E-state index is 11.8. The fourth-order valence-corrected chi connectivity index (χ4v) is 1.85. The Hall–Kier alpha value is -1.67. The molecular formula is C13H14F2N2O. The highest BCUT2D eigenvalue weighted by molar-refractivity contribution is 5.54. The molecule has 5 heteroatoms. The summed E-state index contributed by atoms with van der Waals surface area (Å²) >= 11 is 0. The van der Waals surface area contributed by atoms with Crippen LogP contribution in [0.25, 0.3) is 0 Å². The Labute approximate surface area is 104 Å². The van der Waals surface area contributed by atoms with Gasteiger partial charge in [0.25, 0.3) is 0 Å². The zero-order chi connectivity index (χ0) is 13.0. The lowest BCUT2D eigenvalue weighted by molar-refractivity contribution is -0.125. The third-order valence-corrected chi connectivity index (χ3v) is 2.86. The minimum Gasteiger partial charge on any atom is -0.383 e. The molecule has 0 heterocycles. The van der Waals surface area contributed by atoms with E-state index in [2.05, 4.69) is 16.1 Å². The van der Waals surface area contributed by atoms with Gasteiger partial charge in [-0.25, -0.2) is 0 Å². The van der Waals surface area contributed by atoms with E-state index in [0.29, 0.717) is 18.0 Å². The number of alkyl halides is 2. The lowest BCUT2D eigenvalue weighted by atomic mass is 10.0. The van der Waals surface area contributed by atoms with Gasteiger partial charge in [0.1, 0.15) is 0 Å². The van der Waals surface area contributed by atoms with E-state index in [4.69, 9.17) is 5.26 Å². The molecule has 18 heavy (non-hydrogen) atoms. The van der Waals surface area contributed by atoms with Crippen LogP contribution in [0.3, 0.4) is 0 Å². The fraction of sp³-hybridized carbons (Fsp3) is 0.462. The Kier molecular flexibility index (Phi) is 4.11. The summed E-state index contributed by atoms with van der Waals surface area (Å²) in [5.41, 5.74) is 2.60. The predicted octanol–water partition coefficient (Wildman–Crippen LogP) is 3.09. The van der Waals surface area contributed by atoms with Gasteiger partial charge in [0.15, 0.2) is 0 Å². The monoisotopic (exact) mass is 252 g/mol. The quantitative estimate of drug-likeness (QED) is 0.791. The Bertz CT molecular complexity index is 453. The van der Waals surface area contributed by atoms with Crippen LogP contribution in [0.1, 0.15) is 29.9 Å². The van der Waals surface area contributed by atoms with E-state index < -0.39 is 6.61 Å². The average molecular weight is 252 g/mol. The number of nitriles is 1. The third kappa shape index (κ3) is 3.41. The van der Waals surface area contributed by atoms with Gasteiger partial charge in [-0.15, -0.1) is 0 Å². The molecular weight excluding hydrogens is 238 g/mol. The fourth-order valence-electron chi connectivity index (χ4n) is 1.85. The van der Waals surface area contributed by atoms with Crippen LogP contribution >= 0.6 is 0 Å². The van der Waals surface area contributed by atoms with Crippen molar-refractivity contribution in [3.05, 3.63) is 29.3 Å². The van der Waals surface area contributed by atoms with E-state index in [1.165, 1.54) is 0 Å². The lowest BCUT2D eigenvalue weighted by Crippen LogP contribution is -2.12. The van der Waals surface area contributed by atoms with Crippen molar-refractivity contribution in [1.29, 1.82) is 5.26 Å². The smallest absolute Gasteiger partial charge is 0.345 e. The molecule has 3 nitrogen and oxygen atoms in total. The summed E-state index contributed by atoms with van der Waals surface area (Å²) in [6.07, 6.45) is 2.24. The van der Waals surface area contributed by atoms with E-state index in [1.807, 2.05) is 6.07 Å². The molecule has 2 rings (SSSR count). The number of hydrogen-bond acceptors (Lipinski definition) is 3. The van der Waals surface area contributed by atoms with Crippen LogP contribution < -0.4 is 5.32 Å². The van der Waals surface area contributed by atoms with Gasteiger partial charge in [-0.05, 0) is 42.5 Å². The van der Waals surface area contributed by atoms with E-state index in [0.717, 1.165) is 24.1 Å². The maximum Gasteiger partial charge on any atom is 0.345 e. The Morgan fingerprint density at radius 1 is 1.44 bits per heavy atom. The number of hydrogen-bond donors (Lipinski definition) is 1. The van der Waals surface area contributed by atoms with Crippen LogP contribution in [0.2, 0.25) is 0 Å². The Balaban J connectivity index is 1.93. The standard InChI is InChI=1S/C13H14F2N2O/c14-13(15)18-6-5-17-11-4-3-10(8-16)12(7-11)9-1-2-9/h3-4,7,9,13,17H,1-2,5-6H2. The molecule has 0 bridgehead atoms. The van der Waals surface area contributed by atoms with Gasteiger partial charge in [0.05, 0.1) is 18.2 Å². The molecule has 1 aliphatic carbocycles. The van der Waals surface area contributed by atoms with Gasteiger partial charge >= 0.3 is 6.61 Å². The second-order valence-corrected chi connectivity index (χ2v) is 4.25. The van der Waals surface area contributed by atoms with Crippen molar-refractivity contribution < 1.29 is 13.5 Å². The van der Waals surface area contributed by atoms with E-state index in [1.54, 1.807) is 12.1 Å². The highest BCUT2D eigenvalue weighted by atomic mass is 19.3. The predicted molar refractivity (Wildman–Crippen MR) is 63.6 cm³/mol. The second-order valence-electron chi connectivity index (χ2n) is 4.25.